The average molecular weight is 377 g/mol. The lowest BCUT2D eigenvalue weighted by Gasteiger charge is -2.22. The van der Waals surface area contributed by atoms with Crippen molar-refractivity contribution in [3.63, 3.8) is 0 Å². The van der Waals surface area contributed by atoms with Crippen LogP contribution in [0.2, 0.25) is 0 Å². The maximum atomic E-state index is 12.3. The molecular weight excluding hydrogens is 356 g/mol. The van der Waals surface area contributed by atoms with Gasteiger partial charge in [0, 0.05) is 24.2 Å². The summed E-state index contributed by atoms with van der Waals surface area (Å²) in [5.41, 5.74) is 6.35. The fourth-order valence-electron chi connectivity index (χ4n) is 2.35. The monoisotopic (exact) mass is 376 g/mol. The summed E-state index contributed by atoms with van der Waals surface area (Å²) >= 11 is 3.28. The van der Waals surface area contributed by atoms with Crippen molar-refractivity contribution in [2.45, 2.75) is 43.2 Å². The molecule has 0 bridgehead atoms. The van der Waals surface area contributed by atoms with Crippen LogP contribution >= 0.6 is 15.9 Å². The zero-order chi connectivity index (χ0) is 15.3. The van der Waals surface area contributed by atoms with E-state index >= 15 is 0 Å². The summed E-state index contributed by atoms with van der Waals surface area (Å²) in [6.45, 7) is 1.47. The molecule has 5 nitrogen and oxygen atoms in total. The Bertz CT molecular complexity index is 572. The molecule has 2 rings (SSSR count). The number of halogens is 1. The minimum atomic E-state index is -3.53. The maximum Gasteiger partial charge on any atom is 0.241 e. The van der Waals surface area contributed by atoms with E-state index in [0.717, 1.165) is 31.4 Å². The van der Waals surface area contributed by atoms with Crippen molar-refractivity contribution < 1.29 is 13.2 Å². The second-order valence-electron chi connectivity index (χ2n) is 5.14. The highest BCUT2D eigenvalue weighted by Gasteiger charge is 2.19. The first-order chi connectivity index (χ1) is 10.0. The Hall–Kier alpha value is -0.470. The van der Waals surface area contributed by atoms with Gasteiger partial charge in [0.1, 0.15) is 0 Å². The molecule has 0 radical (unpaired) electrons. The Balaban J connectivity index is 1.97. The molecule has 1 fully saturated rings. The van der Waals surface area contributed by atoms with Crippen molar-refractivity contribution in [3.05, 3.63) is 28.2 Å². The van der Waals surface area contributed by atoms with Crippen LogP contribution in [0.4, 0.5) is 0 Å². The largest absolute Gasteiger partial charge is 0.378 e. The van der Waals surface area contributed by atoms with Crippen molar-refractivity contribution >= 4 is 26.0 Å². The first-order valence-corrected chi connectivity index (χ1v) is 9.40. The van der Waals surface area contributed by atoms with Gasteiger partial charge in [0.25, 0.3) is 0 Å². The lowest BCUT2D eigenvalue weighted by molar-refractivity contribution is 0.0123. The van der Waals surface area contributed by atoms with Crippen molar-refractivity contribution in [1.82, 2.24) is 4.72 Å². The number of ether oxygens (including phenoxy) is 1. The Morgan fingerprint density at radius 2 is 2.19 bits per heavy atom. The minimum Gasteiger partial charge on any atom is -0.378 e. The zero-order valence-electron chi connectivity index (χ0n) is 11.8. The predicted molar refractivity (Wildman–Crippen MR) is 85.4 cm³/mol. The number of hydrogen-bond acceptors (Lipinski definition) is 4. The van der Waals surface area contributed by atoms with Crippen LogP contribution in [0.5, 0.6) is 0 Å². The van der Waals surface area contributed by atoms with Gasteiger partial charge in [0.05, 0.1) is 11.0 Å². The van der Waals surface area contributed by atoms with E-state index < -0.39 is 10.0 Å². The van der Waals surface area contributed by atoms with Gasteiger partial charge in [-0.3, -0.25) is 0 Å². The smallest absolute Gasteiger partial charge is 0.241 e. The quantitative estimate of drug-likeness (QED) is 0.796. The van der Waals surface area contributed by atoms with E-state index in [-0.39, 0.29) is 11.0 Å². The van der Waals surface area contributed by atoms with E-state index in [1.807, 2.05) is 0 Å². The van der Waals surface area contributed by atoms with Crippen LogP contribution in [0.15, 0.2) is 27.6 Å². The standard InChI is InChI=1S/C14H21BrN2O3S/c15-13-5-4-11(10-16)9-14(13)21(18,19)17-7-6-12-3-1-2-8-20-12/h4-5,9,12,17H,1-3,6-8,10,16H2. The van der Waals surface area contributed by atoms with Crippen LogP contribution in [0.25, 0.3) is 0 Å². The first-order valence-electron chi connectivity index (χ1n) is 7.12. The third-order valence-electron chi connectivity index (χ3n) is 3.55. The number of nitrogens with two attached hydrogens (primary N) is 1. The minimum absolute atomic E-state index is 0.167. The van der Waals surface area contributed by atoms with Gasteiger partial charge in [-0.25, -0.2) is 13.1 Å². The molecule has 7 heteroatoms. The van der Waals surface area contributed by atoms with Crippen LogP contribution in [0.3, 0.4) is 0 Å². The SMILES string of the molecule is NCc1ccc(Br)c(S(=O)(=O)NCCC2CCCCO2)c1. The summed E-state index contributed by atoms with van der Waals surface area (Å²) < 4.78 is 33.5. The molecular formula is C14H21BrN2O3S. The summed E-state index contributed by atoms with van der Waals surface area (Å²) in [6, 6.07) is 5.11. The van der Waals surface area contributed by atoms with E-state index in [0.29, 0.717) is 24.0 Å². The summed E-state index contributed by atoms with van der Waals surface area (Å²) in [6.07, 6.45) is 4.13. The van der Waals surface area contributed by atoms with Crippen LogP contribution in [-0.4, -0.2) is 27.7 Å². The van der Waals surface area contributed by atoms with E-state index in [1.54, 1.807) is 18.2 Å². The third kappa shape index (κ3) is 4.75. The van der Waals surface area contributed by atoms with Crippen molar-refractivity contribution in [2.75, 3.05) is 13.2 Å². The van der Waals surface area contributed by atoms with E-state index in [1.165, 1.54) is 0 Å². The van der Waals surface area contributed by atoms with E-state index in [9.17, 15) is 8.42 Å². The molecule has 21 heavy (non-hydrogen) atoms. The normalized spacial score (nSPS) is 19.6. The van der Waals surface area contributed by atoms with Crippen LogP contribution < -0.4 is 10.5 Å². The van der Waals surface area contributed by atoms with Gasteiger partial charge < -0.3 is 10.5 Å². The molecule has 0 saturated carbocycles. The molecule has 1 aromatic carbocycles. The fraction of sp³-hybridized carbons (Fsp3) is 0.571. The van der Waals surface area contributed by atoms with Gasteiger partial charge in [-0.05, 0) is 59.3 Å². The Kier molecular flexibility index (Phi) is 6.19. The molecule has 0 spiro atoms. The Morgan fingerprint density at radius 3 is 2.86 bits per heavy atom. The van der Waals surface area contributed by atoms with Crippen molar-refractivity contribution in [1.29, 1.82) is 0 Å². The summed E-state index contributed by atoms with van der Waals surface area (Å²) in [5.74, 6) is 0. The highest BCUT2D eigenvalue weighted by molar-refractivity contribution is 9.10. The topological polar surface area (TPSA) is 81.4 Å². The number of sulfonamides is 1. The van der Waals surface area contributed by atoms with Crippen LogP contribution in [0.1, 0.15) is 31.2 Å². The molecule has 1 aliphatic heterocycles. The molecule has 118 valence electrons. The molecule has 0 amide bonds. The average Bonchev–Trinajstić information content (AvgIpc) is 2.48. The number of benzene rings is 1. The Morgan fingerprint density at radius 1 is 1.38 bits per heavy atom. The fourth-order valence-corrected chi connectivity index (χ4v) is 4.41. The summed E-state index contributed by atoms with van der Waals surface area (Å²) in [4.78, 5) is 0.231. The highest BCUT2D eigenvalue weighted by Crippen LogP contribution is 2.23. The van der Waals surface area contributed by atoms with Gasteiger partial charge >= 0.3 is 0 Å². The number of hydrogen-bond donors (Lipinski definition) is 2. The molecule has 1 aromatic rings. The number of nitrogens with one attached hydrogen (secondary N) is 1. The molecule has 1 aliphatic rings. The first kappa shape index (κ1) is 16.9. The lowest BCUT2D eigenvalue weighted by atomic mass is 10.1. The molecule has 0 aromatic heterocycles. The van der Waals surface area contributed by atoms with Gasteiger partial charge in [0.2, 0.25) is 10.0 Å². The van der Waals surface area contributed by atoms with Crippen molar-refractivity contribution in [2.24, 2.45) is 5.73 Å². The molecule has 1 unspecified atom stereocenters. The van der Waals surface area contributed by atoms with Crippen LogP contribution in [0, 0.1) is 0 Å². The second kappa shape index (κ2) is 7.69. The molecule has 1 atom stereocenters. The molecule has 0 aliphatic carbocycles. The maximum absolute atomic E-state index is 12.3. The molecule has 3 N–H and O–H groups in total. The van der Waals surface area contributed by atoms with E-state index in [2.05, 4.69) is 20.7 Å². The summed E-state index contributed by atoms with van der Waals surface area (Å²) in [7, 11) is -3.53. The third-order valence-corrected chi connectivity index (χ3v) is 6.01. The predicted octanol–water partition coefficient (Wildman–Crippen LogP) is 2.15. The van der Waals surface area contributed by atoms with Gasteiger partial charge in [-0.2, -0.15) is 0 Å². The highest BCUT2D eigenvalue weighted by atomic mass is 79.9. The lowest BCUT2D eigenvalue weighted by Crippen LogP contribution is -2.29. The van der Waals surface area contributed by atoms with Gasteiger partial charge in [0.15, 0.2) is 0 Å². The zero-order valence-corrected chi connectivity index (χ0v) is 14.2. The summed E-state index contributed by atoms with van der Waals surface area (Å²) in [5, 5.41) is 0. The van der Waals surface area contributed by atoms with Crippen LogP contribution in [-0.2, 0) is 21.3 Å². The second-order valence-corrected chi connectivity index (χ2v) is 7.73. The number of rotatable bonds is 6. The molecule has 1 saturated heterocycles. The van der Waals surface area contributed by atoms with Gasteiger partial charge in [-0.1, -0.05) is 6.07 Å². The van der Waals surface area contributed by atoms with Gasteiger partial charge in [-0.15, -0.1) is 0 Å². The van der Waals surface area contributed by atoms with Crippen molar-refractivity contribution in [3.8, 4) is 0 Å². The molecule has 1 heterocycles. The Labute approximate surface area is 134 Å². The van der Waals surface area contributed by atoms with E-state index in [4.69, 9.17) is 10.5 Å².